The topological polar surface area (TPSA) is 40.0 Å². The highest BCUT2D eigenvalue weighted by Gasteiger charge is 2.12. The summed E-state index contributed by atoms with van der Waals surface area (Å²) in [5.74, 6) is -0.224. The molecule has 25 heavy (non-hydrogen) atoms. The van der Waals surface area contributed by atoms with E-state index in [1.807, 2.05) is 13.8 Å². The predicted octanol–water partition coefficient (Wildman–Crippen LogP) is 6.29. The zero-order chi connectivity index (χ0) is 18.7. The van der Waals surface area contributed by atoms with E-state index in [0.29, 0.717) is 22.9 Å². The first-order valence-electron chi connectivity index (χ1n) is 7.79. The summed E-state index contributed by atoms with van der Waals surface area (Å²) in [6, 6.07) is 2.74. The molecule has 0 radical (unpaired) electrons. The maximum Gasteiger partial charge on any atom is 0.173 e. The summed E-state index contributed by atoms with van der Waals surface area (Å²) < 4.78 is 25.3. The van der Waals surface area contributed by atoms with Crippen molar-refractivity contribution >= 4 is 44.8 Å². The van der Waals surface area contributed by atoms with Gasteiger partial charge in [-0.15, -0.1) is 0 Å². The number of benzene rings is 1. The number of unbranched alkanes of at least 4 members (excludes halogenated alkanes) is 2. The molecule has 0 spiro atoms. The highest BCUT2D eigenvalue weighted by Crippen LogP contribution is 2.32. The van der Waals surface area contributed by atoms with Crippen LogP contribution in [0.25, 0.3) is 0 Å². The Kier molecular flexibility index (Phi) is 10.9. The van der Waals surface area contributed by atoms with Crippen LogP contribution in [-0.2, 0) is 4.84 Å². The van der Waals surface area contributed by atoms with Gasteiger partial charge in [0.1, 0.15) is 19.0 Å². The van der Waals surface area contributed by atoms with Crippen molar-refractivity contribution in [2.45, 2.75) is 33.1 Å². The predicted molar refractivity (Wildman–Crippen MR) is 104 cm³/mol. The maximum atomic E-state index is 14.1. The lowest BCUT2D eigenvalue weighted by molar-refractivity contribution is 0.138. The van der Waals surface area contributed by atoms with Crippen LogP contribution in [0, 0.1) is 5.82 Å². The molecule has 0 unspecified atom stereocenters. The highest BCUT2D eigenvalue weighted by molar-refractivity contribution is 9.12. The fourth-order valence-electron chi connectivity index (χ4n) is 1.75. The summed E-state index contributed by atoms with van der Waals surface area (Å²) >= 11 is 14.7. The first-order valence-corrected chi connectivity index (χ1v) is 9.34. The van der Waals surface area contributed by atoms with Crippen LogP contribution < -0.4 is 9.47 Å². The third kappa shape index (κ3) is 9.92. The average Bonchev–Trinajstić information content (AvgIpc) is 2.51. The summed E-state index contributed by atoms with van der Waals surface area (Å²) in [5, 5.41) is 4.01. The molecular weight excluding hydrogens is 436 g/mol. The molecule has 0 saturated heterocycles. The van der Waals surface area contributed by atoms with Gasteiger partial charge in [-0.2, -0.15) is 0 Å². The quantitative estimate of drug-likeness (QED) is 0.223. The number of hydrogen-bond donors (Lipinski definition) is 0. The van der Waals surface area contributed by atoms with Crippen LogP contribution in [0.2, 0.25) is 5.02 Å². The lowest BCUT2D eigenvalue weighted by Gasteiger charge is -2.11. The van der Waals surface area contributed by atoms with Crippen LogP contribution in [0.15, 0.2) is 27.3 Å². The fraction of sp³-hybridized carbons (Fsp3) is 0.471. The SMILES string of the molecule is CC(C)=NOCCCCCOc1c(F)cc(OC/C=C(\Cl)Br)cc1Cl. The van der Waals surface area contributed by atoms with Gasteiger partial charge in [0.15, 0.2) is 11.6 Å². The molecule has 0 bridgehead atoms. The number of nitrogens with zero attached hydrogens (tertiary/aromatic N) is 1. The molecule has 0 N–H and O–H groups in total. The molecule has 0 atom stereocenters. The minimum atomic E-state index is -0.562. The van der Waals surface area contributed by atoms with Crippen molar-refractivity contribution in [3.05, 3.63) is 33.0 Å². The van der Waals surface area contributed by atoms with E-state index in [1.165, 1.54) is 12.1 Å². The van der Waals surface area contributed by atoms with Gasteiger partial charge >= 0.3 is 0 Å². The molecular formula is C17H21BrCl2FNO3. The lowest BCUT2D eigenvalue weighted by Crippen LogP contribution is -2.02. The van der Waals surface area contributed by atoms with E-state index >= 15 is 0 Å². The Morgan fingerprint density at radius 3 is 2.56 bits per heavy atom. The van der Waals surface area contributed by atoms with Gasteiger partial charge in [-0.3, -0.25) is 0 Å². The van der Waals surface area contributed by atoms with Gasteiger partial charge in [0.25, 0.3) is 0 Å². The fourth-order valence-corrected chi connectivity index (χ4v) is 2.20. The van der Waals surface area contributed by atoms with Crippen LogP contribution in [0.5, 0.6) is 11.5 Å². The van der Waals surface area contributed by atoms with Gasteiger partial charge in [-0.25, -0.2) is 4.39 Å². The first-order chi connectivity index (χ1) is 11.9. The highest BCUT2D eigenvalue weighted by atomic mass is 79.9. The molecule has 8 heteroatoms. The van der Waals surface area contributed by atoms with Crippen molar-refractivity contribution in [1.29, 1.82) is 0 Å². The lowest BCUT2D eigenvalue weighted by atomic mass is 10.2. The molecule has 0 aliphatic heterocycles. The Bertz CT molecular complexity index is 581. The standard InChI is InChI=1S/C17H21BrCl2FNO3/c1-12(2)22-25-8-5-3-4-7-24-17-14(19)10-13(11-15(17)21)23-9-6-16(18)20/h6,10-11H,3-5,7-9H2,1-2H3/b16-6-. The van der Waals surface area contributed by atoms with E-state index in [9.17, 15) is 4.39 Å². The summed E-state index contributed by atoms with van der Waals surface area (Å²) in [6.45, 7) is 4.86. The molecule has 0 aliphatic rings. The Morgan fingerprint density at radius 2 is 1.92 bits per heavy atom. The van der Waals surface area contributed by atoms with E-state index in [4.69, 9.17) is 37.5 Å². The van der Waals surface area contributed by atoms with Crippen LogP contribution in [0.1, 0.15) is 33.1 Å². The maximum absolute atomic E-state index is 14.1. The van der Waals surface area contributed by atoms with E-state index in [2.05, 4.69) is 21.1 Å². The van der Waals surface area contributed by atoms with Crippen molar-refractivity contribution in [1.82, 2.24) is 0 Å². The van der Waals surface area contributed by atoms with Gasteiger partial charge in [0.2, 0.25) is 0 Å². The number of oxime groups is 1. The third-order valence-corrected chi connectivity index (χ3v) is 3.59. The van der Waals surface area contributed by atoms with Gasteiger partial charge in [0, 0.05) is 12.1 Å². The Morgan fingerprint density at radius 1 is 1.20 bits per heavy atom. The van der Waals surface area contributed by atoms with Crippen LogP contribution >= 0.6 is 39.1 Å². The monoisotopic (exact) mass is 455 g/mol. The molecule has 1 rings (SSSR count). The summed E-state index contributed by atoms with van der Waals surface area (Å²) in [4.78, 5) is 5.10. The second kappa shape index (κ2) is 12.4. The number of hydrogen-bond acceptors (Lipinski definition) is 4. The molecule has 0 amide bonds. The molecule has 0 aliphatic carbocycles. The largest absolute Gasteiger partial charge is 0.489 e. The minimum Gasteiger partial charge on any atom is -0.489 e. The second-order valence-corrected chi connectivity index (χ2v) is 7.43. The normalized spacial score (nSPS) is 11.2. The molecule has 4 nitrogen and oxygen atoms in total. The van der Waals surface area contributed by atoms with Crippen molar-refractivity contribution in [3.8, 4) is 11.5 Å². The molecule has 0 saturated carbocycles. The zero-order valence-corrected chi connectivity index (χ0v) is 17.3. The third-order valence-electron chi connectivity index (χ3n) is 2.83. The minimum absolute atomic E-state index is 0.0329. The molecule has 0 fully saturated rings. The molecule has 1 aromatic rings. The van der Waals surface area contributed by atoms with Crippen LogP contribution in [0.3, 0.4) is 0 Å². The molecule has 0 heterocycles. The van der Waals surface area contributed by atoms with E-state index < -0.39 is 5.82 Å². The molecule has 140 valence electrons. The van der Waals surface area contributed by atoms with Gasteiger partial charge in [-0.05, 0) is 55.1 Å². The smallest absolute Gasteiger partial charge is 0.173 e. The summed E-state index contributed by atoms with van der Waals surface area (Å²) in [7, 11) is 0. The molecule has 0 aromatic heterocycles. The van der Waals surface area contributed by atoms with Gasteiger partial charge in [-0.1, -0.05) is 28.4 Å². The number of rotatable bonds is 11. The molecule has 1 aromatic carbocycles. The van der Waals surface area contributed by atoms with Crippen molar-refractivity contribution in [2.75, 3.05) is 19.8 Å². The first kappa shape index (κ1) is 22.1. The van der Waals surface area contributed by atoms with Crippen LogP contribution in [0.4, 0.5) is 4.39 Å². The Hall–Kier alpha value is -0.980. The Labute approximate surface area is 166 Å². The van der Waals surface area contributed by atoms with Crippen LogP contribution in [-0.4, -0.2) is 25.5 Å². The van der Waals surface area contributed by atoms with Crippen molar-refractivity contribution in [2.24, 2.45) is 5.16 Å². The van der Waals surface area contributed by atoms with Gasteiger partial charge < -0.3 is 14.3 Å². The summed E-state index contributed by atoms with van der Waals surface area (Å²) in [5.41, 5.74) is 0.882. The van der Waals surface area contributed by atoms with Crippen molar-refractivity contribution < 1.29 is 18.7 Å². The zero-order valence-electron chi connectivity index (χ0n) is 14.2. The van der Waals surface area contributed by atoms with Crippen molar-refractivity contribution in [3.63, 3.8) is 0 Å². The van der Waals surface area contributed by atoms with Gasteiger partial charge in [0.05, 0.1) is 21.3 Å². The van der Waals surface area contributed by atoms with E-state index in [0.717, 1.165) is 25.0 Å². The second-order valence-electron chi connectivity index (χ2n) is 5.30. The van der Waals surface area contributed by atoms with E-state index in [-0.39, 0.29) is 17.4 Å². The Balaban J connectivity index is 2.36. The van der Waals surface area contributed by atoms with E-state index in [1.54, 1.807) is 6.08 Å². The average molecular weight is 457 g/mol. The number of ether oxygens (including phenoxy) is 2. The summed E-state index contributed by atoms with van der Waals surface area (Å²) in [6.07, 6.45) is 4.10. The number of halogens is 4.